The fraction of sp³-hybridized carbons (Fsp3) is 0.786. The van der Waals surface area contributed by atoms with E-state index in [1.54, 1.807) is 6.08 Å². The van der Waals surface area contributed by atoms with Crippen LogP contribution >= 0.6 is 0 Å². The molecule has 0 radical (unpaired) electrons. The second-order valence-electron chi connectivity index (χ2n) is 4.14. The van der Waals surface area contributed by atoms with E-state index in [4.69, 9.17) is 4.74 Å². The first-order chi connectivity index (χ1) is 8.19. The van der Waals surface area contributed by atoms with Gasteiger partial charge in [0.05, 0.1) is 12.5 Å². The number of hydrogen-bond donors (Lipinski definition) is 0. The third-order valence-electron chi connectivity index (χ3n) is 2.99. The molecule has 0 aromatic carbocycles. The molecule has 100 valence electrons. The summed E-state index contributed by atoms with van der Waals surface area (Å²) in [6.45, 7) is 13.5. The zero-order valence-corrected chi connectivity index (χ0v) is 11.6. The van der Waals surface area contributed by atoms with Crippen LogP contribution in [0.2, 0.25) is 0 Å². The molecule has 17 heavy (non-hydrogen) atoms. The van der Waals surface area contributed by atoms with Gasteiger partial charge in [-0.25, -0.2) is 0 Å². The van der Waals surface area contributed by atoms with Gasteiger partial charge >= 0.3 is 5.97 Å². The molecule has 0 aromatic heterocycles. The first kappa shape index (κ1) is 16.2. The number of carbonyl (C=O) groups excluding carboxylic acids is 1. The first-order valence-corrected chi connectivity index (χ1v) is 6.69. The van der Waals surface area contributed by atoms with Crippen LogP contribution in [0.25, 0.3) is 0 Å². The fourth-order valence-corrected chi connectivity index (χ4v) is 1.89. The van der Waals surface area contributed by atoms with Crippen molar-refractivity contribution in [2.75, 3.05) is 26.2 Å². The van der Waals surface area contributed by atoms with Crippen LogP contribution in [0.15, 0.2) is 12.7 Å². The molecule has 0 fully saturated rings. The minimum atomic E-state index is -0.0769. The lowest BCUT2D eigenvalue weighted by Crippen LogP contribution is -2.25. The predicted molar refractivity (Wildman–Crippen MR) is 72.0 cm³/mol. The minimum Gasteiger partial charge on any atom is -0.466 e. The zero-order valence-electron chi connectivity index (χ0n) is 11.6. The molecule has 1 atom stereocenters. The Bertz CT molecular complexity index is 212. The first-order valence-electron chi connectivity index (χ1n) is 6.69. The predicted octanol–water partition coefficient (Wildman–Crippen LogP) is 2.86. The van der Waals surface area contributed by atoms with Gasteiger partial charge in [-0.15, -0.1) is 6.58 Å². The van der Waals surface area contributed by atoms with Crippen molar-refractivity contribution in [1.82, 2.24) is 4.90 Å². The Morgan fingerprint density at radius 1 is 1.35 bits per heavy atom. The normalized spacial score (nSPS) is 12.5. The summed E-state index contributed by atoms with van der Waals surface area (Å²) in [6, 6.07) is 0. The number of carbonyl (C=O) groups is 1. The summed E-state index contributed by atoms with van der Waals surface area (Å²) in [5.74, 6) is -0.0880. The molecule has 0 aromatic rings. The molecule has 3 heteroatoms. The van der Waals surface area contributed by atoms with Crippen molar-refractivity contribution in [3.8, 4) is 0 Å². The van der Waals surface area contributed by atoms with Crippen LogP contribution in [0, 0.1) is 5.92 Å². The number of esters is 1. The number of allylic oxidation sites excluding steroid dienone is 1. The molecule has 0 rings (SSSR count). The highest BCUT2D eigenvalue weighted by Crippen LogP contribution is 2.14. The molecular formula is C14H27NO2. The van der Waals surface area contributed by atoms with Crippen molar-refractivity contribution < 1.29 is 9.53 Å². The van der Waals surface area contributed by atoms with Gasteiger partial charge in [-0.3, -0.25) is 4.79 Å². The lowest BCUT2D eigenvalue weighted by Gasteiger charge is -2.19. The summed E-state index contributed by atoms with van der Waals surface area (Å²) >= 11 is 0. The molecule has 0 aliphatic carbocycles. The molecule has 0 amide bonds. The van der Waals surface area contributed by atoms with Crippen LogP contribution in [0.1, 0.15) is 40.0 Å². The third kappa shape index (κ3) is 7.16. The van der Waals surface area contributed by atoms with Crippen LogP contribution in [-0.2, 0) is 9.53 Å². The summed E-state index contributed by atoms with van der Waals surface area (Å²) in [6.07, 6.45) is 4.45. The third-order valence-corrected chi connectivity index (χ3v) is 2.99. The SMILES string of the molecule is C=CC[C@@H](CCCN(CC)CC)C(=O)OCC. The van der Waals surface area contributed by atoms with E-state index in [0.717, 1.165) is 38.9 Å². The van der Waals surface area contributed by atoms with Crippen LogP contribution in [0.4, 0.5) is 0 Å². The van der Waals surface area contributed by atoms with E-state index in [2.05, 4.69) is 25.3 Å². The number of nitrogens with zero attached hydrogens (tertiary/aromatic N) is 1. The van der Waals surface area contributed by atoms with E-state index in [9.17, 15) is 4.79 Å². The van der Waals surface area contributed by atoms with Crippen molar-refractivity contribution in [2.24, 2.45) is 5.92 Å². The van der Waals surface area contributed by atoms with E-state index in [1.165, 1.54) is 0 Å². The Morgan fingerprint density at radius 2 is 2.00 bits per heavy atom. The standard InChI is InChI=1S/C14H27NO2/c1-5-10-13(14(16)17-8-4)11-9-12-15(6-2)7-3/h5,13H,1,6-12H2,2-4H3/t13-/m0/s1. The summed E-state index contributed by atoms with van der Waals surface area (Å²) in [5, 5.41) is 0. The minimum absolute atomic E-state index is 0.0111. The maximum Gasteiger partial charge on any atom is 0.309 e. The van der Waals surface area contributed by atoms with Crippen molar-refractivity contribution in [3.05, 3.63) is 12.7 Å². The molecule has 0 N–H and O–H groups in total. The molecular weight excluding hydrogens is 214 g/mol. The number of ether oxygens (including phenoxy) is 1. The van der Waals surface area contributed by atoms with E-state index in [1.807, 2.05) is 6.92 Å². The van der Waals surface area contributed by atoms with E-state index in [0.29, 0.717) is 6.61 Å². The highest BCUT2D eigenvalue weighted by atomic mass is 16.5. The summed E-state index contributed by atoms with van der Waals surface area (Å²) in [7, 11) is 0. The zero-order chi connectivity index (χ0) is 13.1. The van der Waals surface area contributed by atoms with Crippen LogP contribution in [-0.4, -0.2) is 37.1 Å². The van der Waals surface area contributed by atoms with Crippen molar-refractivity contribution >= 4 is 5.97 Å². The van der Waals surface area contributed by atoms with Gasteiger partial charge < -0.3 is 9.64 Å². The highest BCUT2D eigenvalue weighted by Gasteiger charge is 2.17. The van der Waals surface area contributed by atoms with Gasteiger partial charge in [0.2, 0.25) is 0 Å². The molecule has 0 spiro atoms. The van der Waals surface area contributed by atoms with Gasteiger partial charge in [0, 0.05) is 0 Å². The topological polar surface area (TPSA) is 29.5 Å². The maximum absolute atomic E-state index is 11.7. The Balaban J connectivity index is 3.99. The lowest BCUT2D eigenvalue weighted by molar-refractivity contribution is -0.148. The summed E-state index contributed by atoms with van der Waals surface area (Å²) < 4.78 is 5.07. The van der Waals surface area contributed by atoms with Gasteiger partial charge in [0.1, 0.15) is 0 Å². The molecule has 0 unspecified atom stereocenters. The fourth-order valence-electron chi connectivity index (χ4n) is 1.89. The summed E-state index contributed by atoms with van der Waals surface area (Å²) in [5.41, 5.74) is 0. The van der Waals surface area contributed by atoms with Crippen LogP contribution < -0.4 is 0 Å². The average Bonchev–Trinajstić information content (AvgIpc) is 2.33. The number of rotatable bonds is 10. The van der Waals surface area contributed by atoms with Crippen molar-refractivity contribution in [1.29, 1.82) is 0 Å². The molecule has 3 nitrogen and oxygen atoms in total. The van der Waals surface area contributed by atoms with Crippen molar-refractivity contribution in [2.45, 2.75) is 40.0 Å². The smallest absolute Gasteiger partial charge is 0.309 e. The number of hydrogen-bond acceptors (Lipinski definition) is 3. The van der Waals surface area contributed by atoms with Gasteiger partial charge in [0.15, 0.2) is 0 Å². The van der Waals surface area contributed by atoms with Crippen LogP contribution in [0.5, 0.6) is 0 Å². The molecule has 0 saturated heterocycles. The van der Waals surface area contributed by atoms with E-state index >= 15 is 0 Å². The van der Waals surface area contributed by atoms with Crippen molar-refractivity contribution in [3.63, 3.8) is 0 Å². The van der Waals surface area contributed by atoms with Gasteiger partial charge in [-0.05, 0) is 45.8 Å². The Morgan fingerprint density at radius 3 is 2.47 bits per heavy atom. The maximum atomic E-state index is 11.7. The molecule has 0 aliphatic heterocycles. The lowest BCUT2D eigenvalue weighted by atomic mass is 9.99. The molecule has 0 aliphatic rings. The Kier molecular flexibility index (Phi) is 9.83. The second kappa shape index (κ2) is 10.3. The van der Waals surface area contributed by atoms with Gasteiger partial charge in [0.25, 0.3) is 0 Å². The van der Waals surface area contributed by atoms with Crippen LogP contribution in [0.3, 0.4) is 0 Å². The molecule has 0 heterocycles. The van der Waals surface area contributed by atoms with Gasteiger partial charge in [-0.2, -0.15) is 0 Å². The Hall–Kier alpha value is -0.830. The second-order valence-corrected chi connectivity index (χ2v) is 4.14. The van der Waals surface area contributed by atoms with E-state index < -0.39 is 0 Å². The highest BCUT2D eigenvalue weighted by molar-refractivity contribution is 5.72. The largest absolute Gasteiger partial charge is 0.466 e. The quantitative estimate of drug-likeness (QED) is 0.435. The monoisotopic (exact) mass is 241 g/mol. The average molecular weight is 241 g/mol. The van der Waals surface area contributed by atoms with Gasteiger partial charge in [-0.1, -0.05) is 19.9 Å². The van der Waals surface area contributed by atoms with E-state index in [-0.39, 0.29) is 11.9 Å². The molecule has 0 bridgehead atoms. The molecule has 0 saturated carbocycles. The Labute approximate surface area is 106 Å². The summed E-state index contributed by atoms with van der Waals surface area (Å²) in [4.78, 5) is 14.0.